The van der Waals surface area contributed by atoms with Gasteiger partial charge in [0.2, 0.25) is 0 Å². The molecule has 0 saturated carbocycles. The van der Waals surface area contributed by atoms with Gasteiger partial charge >= 0.3 is 6.09 Å². The number of hydrogen-bond acceptors (Lipinski definition) is 5. The van der Waals surface area contributed by atoms with E-state index < -0.39 is 27.2 Å². The molecule has 1 aliphatic rings. The van der Waals surface area contributed by atoms with Crippen LogP contribution in [0.5, 0.6) is 0 Å². The summed E-state index contributed by atoms with van der Waals surface area (Å²) in [5.41, 5.74) is -0.106. The maximum absolute atomic E-state index is 12.6. The predicted octanol–water partition coefficient (Wildman–Crippen LogP) is 3.74. The van der Waals surface area contributed by atoms with Crippen LogP contribution < -0.4 is 0 Å². The largest absolute Gasteiger partial charge is 0.444 e. The highest BCUT2D eigenvalue weighted by Gasteiger charge is 2.42. The number of piperidine rings is 1. The second-order valence-corrected chi connectivity index (χ2v) is 10.1. The van der Waals surface area contributed by atoms with Crippen molar-refractivity contribution in [3.63, 3.8) is 0 Å². The number of hydrogen-bond donors (Lipinski definition) is 0. The van der Waals surface area contributed by atoms with Crippen LogP contribution in [0.25, 0.3) is 0 Å². The summed E-state index contributed by atoms with van der Waals surface area (Å²) in [6.07, 6.45) is -0.463. The van der Waals surface area contributed by atoms with Crippen LogP contribution in [0.2, 0.25) is 0 Å². The fraction of sp³-hybridized carbons (Fsp3) is 0.632. The smallest absolute Gasteiger partial charge is 0.410 e. The van der Waals surface area contributed by atoms with Gasteiger partial charge in [-0.2, -0.15) is 8.42 Å². The zero-order valence-electron chi connectivity index (χ0n) is 16.4. The van der Waals surface area contributed by atoms with E-state index in [1.165, 1.54) is 0 Å². The van der Waals surface area contributed by atoms with Gasteiger partial charge in [0, 0.05) is 18.5 Å². The number of carbonyl (C=O) groups excluding carboxylic acids is 1. The zero-order chi connectivity index (χ0) is 19.8. The fourth-order valence-corrected chi connectivity index (χ4v) is 4.15. The van der Waals surface area contributed by atoms with Crippen LogP contribution in [0, 0.1) is 12.3 Å². The van der Waals surface area contributed by atoms with Gasteiger partial charge in [0.25, 0.3) is 10.1 Å². The van der Waals surface area contributed by atoms with Crippen LogP contribution in [0.15, 0.2) is 29.2 Å². The van der Waals surface area contributed by atoms with E-state index in [0.29, 0.717) is 19.5 Å². The van der Waals surface area contributed by atoms with Gasteiger partial charge in [-0.25, -0.2) is 4.79 Å². The van der Waals surface area contributed by atoms with Crippen LogP contribution in [-0.4, -0.2) is 44.2 Å². The second-order valence-electron chi connectivity index (χ2n) is 8.53. The van der Waals surface area contributed by atoms with Crippen molar-refractivity contribution in [2.75, 3.05) is 13.1 Å². The first-order chi connectivity index (χ1) is 11.8. The molecule has 0 aliphatic carbocycles. The Hall–Kier alpha value is -1.60. The normalized spacial score (nSPS) is 20.7. The highest BCUT2D eigenvalue weighted by molar-refractivity contribution is 7.86. The van der Waals surface area contributed by atoms with Gasteiger partial charge in [0.15, 0.2) is 0 Å². The summed E-state index contributed by atoms with van der Waals surface area (Å²) in [5, 5.41) is 0. The number of likely N-dealkylation sites (tertiary alicyclic amines) is 1. The third-order valence-corrected chi connectivity index (χ3v) is 5.67. The minimum atomic E-state index is -3.85. The molecular formula is C19H29NO5S. The average molecular weight is 384 g/mol. The molecule has 1 heterocycles. The molecule has 1 atom stereocenters. The van der Waals surface area contributed by atoms with Crippen LogP contribution in [0.3, 0.4) is 0 Å². The van der Waals surface area contributed by atoms with Crippen LogP contribution in [-0.2, 0) is 19.0 Å². The SMILES string of the molecule is Cc1ccc(S(=O)(=O)OC2CCN(C(=O)OC(C)(C)C)CC2(C)C)cc1. The van der Waals surface area contributed by atoms with Crippen molar-refractivity contribution >= 4 is 16.2 Å². The van der Waals surface area contributed by atoms with Gasteiger partial charge in [-0.15, -0.1) is 0 Å². The Morgan fingerprint density at radius 2 is 1.77 bits per heavy atom. The first-order valence-electron chi connectivity index (χ1n) is 8.78. The molecule has 1 amide bonds. The zero-order valence-corrected chi connectivity index (χ0v) is 17.2. The molecule has 0 bridgehead atoms. The molecule has 1 aliphatic heterocycles. The lowest BCUT2D eigenvalue weighted by Gasteiger charge is -2.43. The Morgan fingerprint density at radius 3 is 2.27 bits per heavy atom. The molecule has 1 saturated heterocycles. The fourth-order valence-electron chi connectivity index (χ4n) is 2.91. The lowest BCUT2D eigenvalue weighted by molar-refractivity contribution is -0.0259. The highest BCUT2D eigenvalue weighted by atomic mass is 32.2. The number of ether oxygens (including phenoxy) is 1. The standard InChI is InChI=1S/C19H29NO5S/c1-14-7-9-15(10-8-14)26(22,23)25-16-11-12-20(13-19(16,5)6)17(21)24-18(2,3)4/h7-10,16H,11-13H2,1-6H3. The molecule has 2 rings (SSSR count). The van der Waals surface area contributed by atoms with E-state index in [2.05, 4.69) is 0 Å². The summed E-state index contributed by atoms with van der Waals surface area (Å²) < 4.78 is 36.1. The van der Waals surface area contributed by atoms with Crippen molar-refractivity contribution in [3.8, 4) is 0 Å². The third kappa shape index (κ3) is 5.20. The van der Waals surface area contributed by atoms with Crippen LogP contribution in [0.1, 0.15) is 46.6 Å². The van der Waals surface area contributed by atoms with E-state index in [4.69, 9.17) is 8.92 Å². The first-order valence-corrected chi connectivity index (χ1v) is 10.2. The first kappa shape index (κ1) is 20.7. The molecule has 6 nitrogen and oxygen atoms in total. The lowest BCUT2D eigenvalue weighted by atomic mass is 9.81. The van der Waals surface area contributed by atoms with E-state index in [9.17, 15) is 13.2 Å². The number of amides is 1. The number of aryl methyl sites for hydroxylation is 1. The van der Waals surface area contributed by atoms with Gasteiger partial charge in [-0.3, -0.25) is 4.18 Å². The summed E-state index contributed by atoms with van der Waals surface area (Å²) >= 11 is 0. The molecule has 1 fully saturated rings. The van der Waals surface area contributed by atoms with Crippen molar-refractivity contribution in [2.45, 2.75) is 64.6 Å². The summed E-state index contributed by atoms with van der Waals surface area (Å²) in [5.74, 6) is 0. The number of benzene rings is 1. The third-order valence-electron chi connectivity index (χ3n) is 4.34. The quantitative estimate of drug-likeness (QED) is 0.744. The number of carbonyl (C=O) groups is 1. The molecular weight excluding hydrogens is 354 g/mol. The molecule has 146 valence electrons. The Bertz CT molecular complexity index is 747. The Labute approximate surface area is 156 Å². The maximum atomic E-state index is 12.6. The Kier molecular flexibility index (Phi) is 5.73. The number of rotatable bonds is 3. The molecule has 1 aromatic carbocycles. The molecule has 1 aromatic rings. The highest BCUT2D eigenvalue weighted by Crippen LogP contribution is 2.34. The maximum Gasteiger partial charge on any atom is 0.410 e. The summed E-state index contributed by atoms with van der Waals surface area (Å²) in [6, 6.07) is 6.58. The second kappa shape index (κ2) is 7.19. The summed E-state index contributed by atoms with van der Waals surface area (Å²) in [4.78, 5) is 14.1. The van der Waals surface area contributed by atoms with Crippen LogP contribution in [0.4, 0.5) is 4.79 Å². The van der Waals surface area contributed by atoms with E-state index in [1.54, 1.807) is 29.2 Å². The topological polar surface area (TPSA) is 72.9 Å². The molecule has 0 N–H and O–H groups in total. The van der Waals surface area contributed by atoms with Gasteiger partial charge < -0.3 is 9.64 Å². The molecule has 1 unspecified atom stereocenters. The molecule has 0 radical (unpaired) electrons. The van der Waals surface area contributed by atoms with Crippen molar-refractivity contribution in [3.05, 3.63) is 29.8 Å². The average Bonchev–Trinajstić information content (AvgIpc) is 2.47. The van der Waals surface area contributed by atoms with E-state index in [0.717, 1.165) is 5.56 Å². The van der Waals surface area contributed by atoms with E-state index >= 15 is 0 Å². The Morgan fingerprint density at radius 1 is 1.19 bits per heavy atom. The van der Waals surface area contributed by atoms with Crippen molar-refractivity contribution in [2.24, 2.45) is 5.41 Å². The van der Waals surface area contributed by atoms with Gasteiger partial charge in [-0.05, 0) is 46.2 Å². The van der Waals surface area contributed by atoms with Gasteiger partial charge in [0.1, 0.15) is 5.60 Å². The monoisotopic (exact) mass is 383 g/mol. The lowest BCUT2D eigenvalue weighted by Crippen LogP contribution is -2.53. The van der Waals surface area contributed by atoms with Crippen molar-refractivity contribution in [1.29, 1.82) is 0 Å². The molecule has 0 spiro atoms. The van der Waals surface area contributed by atoms with Crippen molar-refractivity contribution < 1.29 is 22.1 Å². The van der Waals surface area contributed by atoms with Crippen LogP contribution >= 0.6 is 0 Å². The van der Waals surface area contributed by atoms with E-state index in [-0.39, 0.29) is 11.0 Å². The Balaban J connectivity index is 2.08. The minimum Gasteiger partial charge on any atom is -0.444 e. The van der Waals surface area contributed by atoms with E-state index in [1.807, 2.05) is 41.5 Å². The molecule has 7 heteroatoms. The summed E-state index contributed by atoms with van der Waals surface area (Å²) in [7, 11) is -3.85. The minimum absolute atomic E-state index is 0.147. The van der Waals surface area contributed by atoms with Crippen molar-refractivity contribution in [1.82, 2.24) is 4.90 Å². The van der Waals surface area contributed by atoms with Gasteiger partial charge in [0.05, 0.1) is 11.0 Å². The molecule has 0 aromatic heterocycles. The van der Waals surface area contributed by atoms with Gasteiger partial charge in [-0.1, -0.05) is 31.5 Å². The summed E-state index contributed by atoms with van der Waals surface area (Å²) in [6.45, 7) is 11.9. The predicted molar refractivity (Wildman–Crippen MR) is 99.4 cm³/mol. The number of nitrogens with zero attached hydrogens (tertiary/aromatic N) is 1. The molecule has 26 heavy (non-hydrogen) atoms.